The second kappa shape index (κ2) is 5.39. The SMILES string of the molecule is COCCOc1c(F)cccc1I. The minimum atomic E-state index is -0.331. The van der Waals surface area contributed by atoms with E-state index in [1.807, 2.05) is 22.6 Å². The lowest BCUT2D eigenvalue weighted by Gasteiger charge is -2.07. The molecule has 0 saturated carbocycles. The van der Waals surface area contributed by atoms with Crippen LogP contribution >= 0.6 is 22.6 Å². The van der Waals surface area contributed by atoms with Crippen molar-refractivity contribution in [3.05, 3.63) is 27.6 Å². The number of para-hydroxylation sites is 1. The summed E-state index contributed by atoms with van der Waals surface area (Å²) in [4.78, 5) is 0. The van der Waals surface area contributed by atoms with Gasteiger partial charge in [0.2, 0.25) is 0 Å². The summed E-state index contributed by atoms with van der Waals surface area (Å²) in [7, 11) is 1.58. The maximum atomic E-state index is 13.1. The van der Waals surface area contributed by atoms with Crippen LogP contribution in [-0.2, 0) is 4.74 Å². The second-order valence-corrected chi connectivity index (χ2v) is 3.55. The highest BCUT2D eigenvalue weighted by molar-refractivity contribution is 14.1. The van der Waals surface area contributed by atoms with E-state index >= 15 is 0 Å². The molecular weight excluding hydrogens is 286 g/mol. The molecule has 0 aliphatic heterocycles. The van der Waals surface area contributed by atoms with Crippen LogP contribution in [0.2, 0.25) is 0 Å². The summed E-state index contributed by atoms with van der Waals surface area (Å²) in [5.41, 5.74) is 0. The minimum Gasteiger partial charge on any atom is -0.487 e. The van der Waals surface area contributed by atoms with Crippen LogP contribution in [0.25, 0.3) is 0 Å². The van der Waals surface area contributed by atoms with Crippen LogP contribution < -0.4 is 4.74 Å². The van der Waals surface area contributed by atoms with Crippen LogP contribution in [0.5, 0.6) is 5.75 Å². The van der Waals surface area contributed by atoms with Gasteiger partial charge in [-0.3, -0.25) is 0 Å². The van der Waals surface area contributed by atoms with Gasteiger partial charge >= 0.3 is 0 Å². The van der Waals surface area contributed by atoms with Crippen molar-refractivity contribution in [3.63, 3.8) is 0 Å². The molecule has 0 aliphatic carbocycles. The molecule has 0 aromatic heterocycles. The van der Waals surface area contributed by atoms with Crippen LogP contribution in [0, 0.1) is 9.39 Å². The summed E-state index contributed by atoms with van der Waals surface area (Å²) in [6.45, 7) is 0.831. The summed E-state index contributed by atoms with van der Waals surface area (Å²) >= 11 is 2.03. The average Bonchev–Trinajstić information content (AvgIpc) is 2.10. The number of rotatable bonds is 4. The van der Waals surface area contributed by atoms with Crippen LogP contribution in [0.3, 0.4) is 0 Å². The standard InChI is InChI=1S/C9H10FIO2/c1-12-5-6-13-9-7(10)3-2-4-8(9)11/h2-4H,5-6H2,1H3. The van der Waals surface area contributed by atoms with Crippen LogP contribution in [0.1, 0.15) is 0 Å². The fourth-order valence-corrected chi connectivity index (χ4v) is 1.47. The first-order valence-electron chi connectivity index (χ1n) is 3.81. The predicted octanol–water partition coefficient (Wildman–Crippen LogP) is 2.46. The van der Waals surface area contributed by atoms with E-state index in [1.54, 1.807) is 19.2 Å². The van der Waals surface area contributed by atoms with Crippen molar-refractivity contribution in [2.45, 2.75) is 0 Å². The van der Waals surface area contributed by atoms with Crippen molar-refractivity contribution < 1.29 is 13.9 Å². The number of benzene rings is 1. The van der Waals surface area contributed by atoms with Crippen molar-refractivity contribution >= 4 is 22.6 Å². The quantitative estimate of drug-likeness (QED) is 0.627. The Morgan fingerprint density at radius 1 is 1.38 bits per heavy atom. The van der Waals surface area contributed by atoms with Gasteiger partial charge in [0, 0.05) is 7.11 Å². The maximum Gasteiger partial charge on any atom is 0.168 e. The number of hydrogen-bond donors (Lipinski definition) is 0. The molecule has 0 unspecified atom stereocenters. The van der Waals surface area contributed by atoms with Gasteiger partial charge in [0.05, 0.1) is 10.2 Å². The Kier molecular flexibility index (Phi) is 4.44. The molecule has 0 N–H and O–H groups in total. The number of halogens is 2. The molecule has 0 heterocycles. The summed E-state index contributed by atoms with van der Waals surface area (Å²) in [6.07, 6.45) is 0. The van der Waals surface area contributed by atoms with Crippen molar-refractivity contribution in [2.75, 3.05) is 20.3 Å². The van der Waals surface area contributed by atoms with E-state index in [2.05, 4.69) is 0 Å². The normalized spacial score (nSPS) is 10.1. The van der Waals surface area contributed by atoms with Crippen LogP contribution in [0.4, 0.5) is 4.39 Å². The first-order chi connectivity index (χ1) is 6.25. The molecule has 13 heavy (non-hydrogen) atoms. The molecule has 72 valence electrons. The zero-order chi connectivity index (χ0) is 9.68. The molecule has 1 aromatic rings. The molecule has 1 aromatic carbocycles. The number of hydrogen-bond acceptors (Lipinski definition) is 2. The fourth-order valence-electron chi connectivity index (χ4n) is 0.847. The van der Waals surface area contributed by atoms with Gasteiger partial charge in [-0.05, 0) is 34.7 Å². The molecule has 0 fully saturated rings. The highest BCUT2D eigenvalue weighted by Crippen LogP contribution is 2.23. The van der Waals surface area contributed by atoms with E-state index in [9.17, 15) is 4.39 Å². The van der Waals surface area contributed by atoms with Crippen molar-refractivity contribution in [1.82, 2.24) is 0 Å². The first kappa shape index (κ1) is 10.7. The van der Waals surface area contributed by atoms with E-state index in [1.165, 1.54) is 6.07 Å². The molecule has 0 spiro atoms. The third kappa shape index (κ3) is 3.11. The highest BCUT2D eigenvalue weighted by atomic mass is 127. The summed E-state index contributed by atoms with van der Waals surface area (Å²) in [5.74, 6) is -0.0249. The Balaban J connectivity index is 2.64. The molecule has 2 nitrogen and oxygen atoms in total. The van der Waals surface area contributed by atoms with Gasteiger partial charge in [-0.15, -0.1) is 0 Å². The van der Waals surface area contributed by atoms with Crippen LogP contribution in [-0.4, -0.2) is 20.3 Å². The lowest BCUT2D eigenvalue weighted by molar-refractivity contribution is 0.143. The lowest BCUT2D eigenvalue weighted by atomic mass is 10.3. The predicted molar refractivity (Wildman–Crippen MR) is 56.5 cm³/mol. The maximum absolute atomic E-state index is 13.1. The van der Waals surface area contributed by atoms with E-state index in [0.29, 0.717) is 19.0 Å². The monoisotopic (exact) mass is 296 g/mol. The zero-order valence-electron chi connectivity index (χ0n) is 7.22. The average molecular weight is 296 g/mol. The van der Waals surface area contributed by atoms with E-state index in [4.69, 9.17) is 9.47 Å². The molecule has 0 radical (unpaired) electrons. The second-order valence-electron chi connectivity index (χ2n) is 2.39. The Bertz CT molecular complexity index is 258. The van der Waals surface area contributed by atoms with Gasteiger partial charge in [0.1, 0.15) is 6.61 Å². The van der Waals surface area contributed by atoms with Gasteiger partial charge in [0.15, 0.2) is 11.6 Å². The van der Waals surface area contributed by atoms with Gasteiger partial charge in [0.25, 0.3) is 0 Å². The van der Waals surface area contributed by atoms with E-state index in [0.717, 1.165) is 3.57 Å². The third-order valence-corrected chi connectivity index (χ3v) is 2.30. The van der Waals surface area contributed by atoms with Crippen LogP contribution in [0.15, 0.2) is 18.2 Å². The van der Waals surface area contributed by atoms with Crippen molar-refractivity contribution in [1.29, 1.82) is 0 Å². The Morgan fingerprint density at radius 2 is 2.15 bits per heavy atom. The van der Waals surface area contributed by atoms with Gasteiger partial charge in [-0.2, -0.15) is 0 Å². The Hall–Kier alpha value is -0.360. The summed E-state index contributed by atoms with van der Waals surface area (Å²) in [5, 5.41) is 0. The third-order valence-electron chi connectivity index (χ3n) is 1.45. The topological polar surface area (TPSA) is 18.5 Å². The van der Waals surface area contributed by atoms with Gasteiger partial charge in [-0.25, -0.2) is 4.39 Å². The molecule has 0 atom stereocenters. The molecule has 4 heteroatoms. The summed E-state index contributed by atoms with van der Waals surface area (Å²) in [6, 6.07) is 4.83. The summed E-state index contributed by atoms with van der Waals surface area (Å²) < 4.78 is 23.9. The fraction of sp³-hybridized carbons (Fsp3) is 0.333. The largest absolute Gasteiger partial charge is 0.487 e. The minimum absolute atomic E-state index is 0.306. The number of methoxy groups -OCH3 is 1. The molecule has 0 saturated heterocycles. The number of ether oxygens (including phenoxy) is 2. The molecule has 0 bridgehead atoms. The highest BCUT2D eigenvalue weighted by Gasteiger charge is 2.06. The molecule has 1 rings (SSSR count). The van der Waals surface area contributed by atoms with E-state index in [-0.39, 0.29) is 5.82 Å². The van der Waals surface area contributed by atoms with Crippen molar-refractivity contribution in [2.24, 2.45) is 0 Å². The Labute approximate surface area is 90.2 Å². The lowest BCUT2D eigenvalue weighted by Crippen LogP contribution is -2.06. The van der Waals surface area contributed by atoms with Crippen molar-refractivity contribution in [3.8, 4) is 5.75 Å². The zero-order valence-corrected chi connectivity index (χ0v) is 9.38. The first-order valence-corrected chi connectivity index (χ1v) is 4.89. The van der Waals surface area contributed by atoms with E-state index < -0.39 is 0 Å². The molecule has 0 amide bonds. The molecular formula is C9H10FIO2. The van der Waals surface area contributed by atoms with Gasteiger partial charge < -0.3 is 9.47 Å². The molecule has 0 aliphatic rings. The Morgan fingerprint density at radius 3 is 2.77 bits per heavy atom. The smallest absolute Gasteiger partial charge is 0.168 e. The van der Waals surface area contributed by atoms with Gasteiger partial charge in [-0.1, -0.05) is 6.07 Å².